The molecule has 0 saturated carbocycles. The van der Waals surface area contributed by atoms with Crippen LogP contribution in [-0.2, 0) is 16.1 Å². The second-order valence-electron chi connectivity index (χ2n) is 7.59. The molecule has 3 amide bonds. The van der Waals surface area contributed by atoms with Crippen molar-refractivity contribution in [3.63, 3.8) is 0 Å². The number of amides is 3. The highest BCUT2D eigenvalue weighted by atomic mass is 16.5. The number of carbonyl (C=O) groups is 4. The molecule has 1 aliphatic heterocycles. The maximum Gasteiger partial charge on any atom is 0.342 e. The zero-order valence-corrected chi connectivity index (χ0v) is 18.6. The molecule has 0 aromatic heterocycles. The highest BCUT2D eigenvalue weighted by Crippen LogP contribution is 2.26. The molecule has 0 spiro atoms. The van der Waals surface area contributed by atoms with E-state index in [9.17, 15) is 19.2 Å². The number of rotatable bonds is 7. The van der Waals surface area contributed by atoms with Gasteiger partial charge in [0.25, 0.3) is 17.7 Å². The van der Waals surface area contributed by atoms with Crippen LogP contribution in [-0.4, -0.2) is 42.3 Å². The third kappa shape index (κ3) is 4.86. The van der Waals surface area contributed by atoms with Gasteiger partial charge in [0.05, 0.1) is 36.4 Å². The molecule has 9 nitrogen and oxygen atoms in total. The van der Waals surface area contributed by atoms with Crippen molar-refractivity contribution in [1.82, 2.24) is 4.90 Å². The molecule has 3 aromatic carbocycles. The van der Waals surface area contributed by atoms with E-state index >= 15 is 0 Å². The van der Waals surface area contributed by atoms with E-state index in [0.717, 1.165) is 4.90 Å². The number of hydrogen-bond acceptors (Lipinski definition) is 7. The first-order chi connectivity index (χ1) is 16.9. The molecule has 0 unspecified atom stereocenters. The van der Waals surface area contributed by atoms with Crippen LogP contribution in [0.3, 0.4) is 0 Å². The van der Waals surface area contributed by atoms with Crippen LogP contribution < -0.4 is 10.1 Å². The number of fused-ring (bicyclic) bond motifs is 1. The van der Waals surface area contributed by atoms with Crippen molar-refractivity contribution >= 4 is 29.4 Å². The van der Waals surface area contributed by atoms with Crippen LogP contribution in [0.25, 0.3) is 0 Å². The first kappa shape index (κ1) is 23.2. The minimum Gasteiger partial charge on any atom is -0.496 e. The van der Waals surface area contributed by atoms with E-state index in [2.05, 4.69) is 5.32 Å². The van der Waals surface area contributed by atoms with E-state index in [1.807, 2.05) is 6.07 Å². The molecule has 0 atom stereocenters. The van der Waals surface area contributed by atoms with Crippen LogP contribution in [0.5, 0.6) is 5.75 Å². The summed E-state index contributed by atoms with van der Waals surface area (Å²) in [7, 11) is 1.38. The molecule has 3 aromatic rings. The van der Waals surface area contributed by atoms with E-state index in [1.165, 1.54) is 25.3 Å². The van der Waals surface area contributed by atoms with Gasteiger partial charge in [-0.15, -0.1) is 0 Å². The van der Waals surface area contributed by atoms with Gasteiger partial charge < -0.3 is 14.8 Å². The van der Waals surface area contributed by atoms with Gasteiger partial charge in [-0.1, -0.05) is 24.3 Å². The summed E-state index contributed by atoms with van der Waals surface area (Å²) in [6.45, 7) is -0.617. The zero-order chi connectivity index (χ0) is 24.9. The Morgan fingerprint density at radius 3 is 2.34 bits per heavy atom. The molecular formula is C26H19N3O6. The number of ether oxygens (including phenoxy) is 2. The normalized spacial score (nSPS) is 12.1. The highest BCUT2D eigenvalue weighted by molar-refractivity contribution is 6.21. The molecule has 0 saturated heterocycles. The molecular weight excluding hydrogens is 450 g/mol. The number of nitriles is 1. The SMILES string of the molecule is COc1ccc(CN2C(=O)c3ccccc3C2=O)cc1C(=O)OCC(=O)Nc1cccc(C#N)c1. The Bertz CT molecular complexity index is 1360. The molecule has 9 heteroatoms. The van der Waals surface area contributed by atoms with Crippen molar-refractivity contribution in [2.45, 2.75) is 6.54 Å². The molecule has 4 rings (SSSR count). The van der Waals surface area contributed by atoms with Crippen LogP contribution in [0, 0.1) is 11.3 Å². The molecule has 1 heterocycles. The number of methoxy groups -OCH3 is 1. The van der Waals surface area contributed by atoms with Gasteiger partial charge in [-0.25, -0.2) is 4.79 Å². The van der Waals surface area contributed by atoms with Crippen molar-refractivity contribution in [1.29, 1.82) is 5.26 Å². The molecule has 0 aliphatic carbocycles. The molecule has 0 radical (unpaired) electrons. The lowest BCUT2D eigenvalue weighted by molar-refractivity contribution is -0.119. The summed E-state index contributed by atoms with van der Waals surface area (Å²) in [5.41, 5.74) is 1.98. The predicted molar refractivity (Wildman–Crippen MR) is 124 cm³/mol. The van der Waals surface area contributed by atoms with Crippen molar-refractivity contribution in [2.75, 3.05) is 19.0 Å². The van der Waals surface area contributed by atoms with E-state index in [1.54, 1.807) is 48.5 Å². The average Bonchev–Trinajstić information content (AvgIpc) is 3.12. The number of anilines is 1. The summed E-state index contributed by atoms with van der Waals surface area (Å²) in [5.74, 6) is -2.02. The van der Waals surface area contributed by atoms with Crippen molar-refractivity contribution in [2.24, 2.45) is 0 Å². The number of carbonyl (C=O) groups excluding carboxylic acids is 4. The second-order valence-corrected chi connectivity index (χ2v) is 7.59. The number of nitrogens with one attached hydrogen (secondary N) is 1. The number of esters is 1. The molecule has 0 bridgehead atoms. The minimum atomic E-state index is -0.813. The maximum absolute atomic E-state index is 12.7. The third-order valence-corrected chi connectivity index (χ3v) is 5.31. The third-order valence-electron chi connectivity index (χ3n) is 5.31. The first-order valence-corrected chi connectivity index (χ1v) is 10.5. The minimum absolute atomic E-state index is 0.0425. The van der Waals surface area contributed by atoms with Crippen LogP contribution in [0.15, 0.2) is 66.7 Å². The van der Waals surface area contributed by atoms with E-state index < -0.39 is 30.3 Å². The summed E-state index contributed by atoms with van der Waals surface area (Å²) >= 11 is 0. The number of benzene rings is 3. The van der Waals surface area contributed by atoms with Crippen molar-refractivity contribution in [3.05, 3.63) is 94.5 Å². The number of nitrogens with zero attached hydrogens (tertiary/aromatic N) is 2. The fourth-order valence-corrected chi connectivity index (χ4v) is 3.65. The molecule has 35 heavy (non-hydrogen) atoms. The van der Waals surface area contributed by atoms with Gasteiger partial charge in [-0.3, -0.25) is 19.3 Å². The Labute approximate surface area is 200 Å². The average molecular weight is 469 g/mol. The Hall–Kier alpha value is -4.97. The van der Waals surface area contributed by atoms with Crippen LogP contribution in [0.4, 0.5) is 5.69 Å². The van der Waals surface area contributed by atoms with Gasteiger partial charge in [0.15, 0.2) is 6.61 Å². The predicted octanol–water partition coefficient (Wildman–Crippen LogP) is 3.16. The Morgan fingerprint density at radius 2 is 1.69 bits per heavy atom. The van der Waals surface area contributed by atoms with Gasteiger partial charge in [0.2, 0.25) is 0 Å². The van der Waals surface area contributed by atoms with Gasteiger partial charge >= 0.3 is 5.97 Å². The van der Waals surface area contributed by atoms with Crippen LogP contribution >= 0.6 is 0 Å². The molecule has 1 N–H and O–H groups in total. The Balaban J connectivity index is 1.44. The second kappa shape index (κ2) is 9.89. The molecule has 174 valence electrons. The summed E-state index contributed by atoms with van der Waals surface area (Å²) in [5, 5.41) is 11.5. The molecule has 1 aliphatic rings. The summed E-state index contributed by atoms with van der Waals surface area (Å²) in [6.07, 6.45) is 0. The van der Waals surface area contributed by atoms with Crippen molar-refractivity contribution < 1.29 is 28.7 Å². The smallest absolute Gasteiger partial charge is 0.342 e. The quantitative estimate of drug-likeness (QED) is 0.416. The Kier molecular flexibility index (Phi) is 6.55. The monoisotopic (exact) mass is 469 g/mol. The Morgan fingerprint density at radius 1 is 0.971 bits per heavy atom. The van der Waals surface area contributed by atoms with Crippen LogP contribution in [0.1, 0.15) is 42.2 Å². The summed E-state index contributed by atoms with van der Waals surface area (Å²) in [6, 6.07) is 19.4. The fourth-order valence-electron chi connectivity index (χ4n) is 3.65. The van der Waals surface area contributed by atoms with Gasteiger partial charge in [0.1, 0.15) is 11.3 Å². The van der Waals surface area contributed by atoms with Gasteiger partial charge in [0, 0.05) is 5.69 Å². The van der Waals surface area contributed by atoms with Crippen molar-refractivity contribution in [3.8, 4) is 11.8 Å². The fraction of sp³-hybridized carbons (Fsp3) is 0.115. The molecule has 0 fully saturated rings. The van der Waals surface area contributed by atoms with E-state index in [-0.39, 0.29) is 17.9 Å². The lowest BCUT2D eigenvalue weighted by Crippen LogP contribution is -2.29. The lowest BCUT2D eigenvalue weighted by Gasteiger charge is -2.16. The summed E-state index contributed by atoms with van der Waals surface area (Å²) < 4.78 is 10.4. The lowest BCUT2D eigenvalue weighted by atomic mass is 10.1. The first-order valence-electron chi connectivity index (χ1n) is 10.5. The van der Waals surface area contributed by atoms with Gasteiger partial charge in [-0.05, 0) is 48.0 Å². The maximum atomic E-state index is 12.7. The zero-order valence-electron chi connectivity index (χ0n) is 18.6. The van der Waals surface area contributed by atoms with Crippen LogP contribution in [0.2, 0.25) is 0 Å². The largest absolute Gasteiger partial charge is 0.496 e. The van der Waals surface area contributed by atoms with E-state index in [4.69, 9.17) is 14.7 Å². The summed E-state index contributed by atoms with van der Waals surface area (Å²) in [4.78, 5) is 51.3. The topological polar surface area (TPSA) is 126 Å². The highest BCUT2D eigenvalue weighted by Gasteiger charge is 2.35. The van der Waals surface area contributed by atoms with Gasteiger partial charge in [-0.2, -0.15) is 5.26 Å². The van der Waals surface area contributed by atoms with E-state index in [0.29, 0.717) is 27.9 Å². The number of hydrogen-bond donors (Lipinski definition) is 1. The number of imide groups is 1. The standard InChI is InChI=1S/C26H19N3O6/c1-34-22-10-9-17(14-29-24(31)19-7-2-3-8-20(19)25(29)32)12-21(22)26(33)35-15-23(30)28-18-6-4-5-16(11-18)13-27/h2-12H,14-15H2,1H3,(H,28,30).